The van der Waals surface area contributed by atoms with E-state index in [1.165, 1.54) is 31.0 Å². The third-order valence-corrected chi connectivity index (χ3v) is 3.95. The molecule has 9 heteroatoms. The van der Waals surface area contributed by atoms with Gasteiger partial charge in [-0.15, -0.1) is 0 Å². The first-order valence-corrected chi connectivity index (χ1v) is 6.45. The monoisotopic (exact) mass is 328 g/mol. The minimum absolute atomic E-state index is 0.00664. The van der Waals surface area contributed by atoms with Gasteiger partial charge < -0.3 is 10.6 Å². The number of carbonyl (C=O) groups excluding carboxylic acids is 1. The van der Waals surface area contributed by atoms with Crippen molar-refractivity contribution in [1.29, 1.82) is 5.26 Å². The lowest BCUT2D eigenvalue weighted by Gasteiger charge is -2.23. The summed E-state index contributed by atoms with van der Waals surface area (Å²) in [6.45, 7) is 1.41. The molecule has 0 bridgehead atoms. The minimum atomic E-state index is -4.72. The quantitative estimate of drug-likeness (QED) is 0.796. The van der Waals surface area contributed by atoms with Gasteiger partial charge in [0, 0.05) is 7.05 Å². The van der Waals surface area contributed by atoms with Gasteiger partial charge in [0.1, 0.15) is 0 Å². The van der Waals surface area contributed by atoms with E-state index in [9.17, 15) is 18.0 Å². The third-order valence-electron chi connectivity index (χ3n) is 3.50. The van der Waals surface area contributed by atoms with Crippen LogP contribution >= 0.6 is 12.2 Å². The zero-order valence-corrected chi connectivity index (χ0v) is 12.4. The number of nitriles is 1. The van der Waals surface area contributed by atoms with Crippen LogP contribution in [0.2, 0.25) is 0 Å². The maximum absolute atomic E-state index is 13.0. The van der Waals surface area contributed by atoms with Crippen LogP contribution in [0, 0.1) is 11.3 Å². The number of amides is 1. The molecule has 0 saturated carbocycles. The number of anilines is 1. The Morgan fingerprint density at radius 3 is 2.41 bits per heavy atom. The van der Waals surface area contributed by atoms with Crippen LogP contribution in [0.3, 0.4) is 0 Å². The van der Waals surface area contributed by atoms with E-state index in [0.717, 1.165) is 17.0 Å². The number of rotatable bonds is 1. The van der Waals surface area contributed by atoms with Crippen molar-refractivity contribution in [2.75, 3.05) is 11.9 Å². The molecule has 1 saturated heterocycles. The fourth-order valence-corrected chi connectivity index (χ4v) is 2.41. The van der Waals surface area contributed by atoms with Crippen LogP contribution in [0.25, 0.3) is 0 Å². The van der Waals surface area contributed by atoms with Crippen molar-refractivity contribution >= 4 is 28.9 Å². The molecular formula is C13H11F3N4OS. The van der Waals surface area contributed by atoms with E-state index in [0.29, 0.717) is 0 Å². The third kappa shape index (κ3) is 2.30. The fourth-order valence-electron chi connectivity index (χ4n) is 2.04. The molecule has 0 aromatic heterocycles. The SMILES string of the molecule is CN1C(=S)N(c2ccc(C#N)c(C(F)(F)F)c2)C(=O)C1(C)N. The highest BCUT2D eigenvalue weighted by Crippen LogP contribution is 2.36. The number of hydrogen-bond donors (Lipinski definition) is 1. The van der Waals surface area contributed by atoms with Gasteiger partial charge in [0.05, 0.1) is 22.9 Å². The second-order valence-corrected chi connectivity index (χ2v) is 5.33. The average Bonchev–Trinajstić information content (AvgIpc) is 2.58. The largest absolute Gasteiger partial charge is 0.417 e. The minimum Gasteiger partial charge on any atom is -0.325 e. The Morgan fingerprint density at radius 1 is 1.41 bits per heavy atom. The standard InChI is InChI=1S/C13H11F3N4OS/c1-12(18)10(21)20(11(22)19(12)2)8-4-3-7(6-17)9(5-8)13(14,15)16/h3-5H,18H2,1-2H3. The number of carbonyl (C=O) groups is 1. The molecule has 1 unspecified atom stereocenters. The number of halogens is 3. The Labute approximate surface area is 129 Å². The summed E-state index contributed by atoms with van der Waals surface area (Å²) in [5, 5.41) is 8.78. The normalized spacial score (nSPS) is 22.2. The molecule has 1 amide bonds. The fraction of sp³-hybridized carbons (Fsp3) is 0.308. The van der Waals surface area contributed by atoms with Gasteiger partial charge in [0.25, 0.3) is 5.91 Å². The van der Waals surface area contributed by atoms with E-state index in [1.807, 2.05) is 0 Å². The highest BCUT2D eigenvalue weighted by Gasteiger charge is 2.48. The van der Waals surface area contributed by atoms with Gasteiger partial charge in [0.2, 0.25) is 0 Å². The highest BCUT2D eigenvalue weighted by atomic mass is 32.1. The predicted molar refractivity (Wildman–Crippen MR) is 76.6 cm³/mol. The Bertz CT molecular complexity index is 708. The Kier molecular flexibility index (Phi) is 3.63. The van der Waals surface area contributed by atoms with Crippen LogP contribution in [-0.2, 0) is 11.0 Å². The molecule has 1 heterocycles. The van der Waals surface area contributed by atoms with Crippen molar-refractivity contribution in [2.45, 2.75) is 18.8 Å². The van der Waals surface area contributed by atoms with Crippen LogP contribution in [0.5, 0.6) is 0 Å². The number of thiocarbonyl (C=S) groups is 1. The van der Waals surface area contributed by atoms with E-state index in [4.69, 9.17) is 23.2 Å². The first-order chi connectivity index (χ1) is 10.0. The number of nitrogens with zero attached hydrogens (tertiary/aromatic N) is 3. The summed E-state index contributed by atoms with van der Waals surface area (Å²) >= 11 is 5.07. The molecule has 1 aromatic rings. The van der Waals surface area contributed by atoms with Crippen LogP contribution in [0.1, 0.15) is 18.1 Å². The first-order valence-electron chi connectivity index (χ1n) is 6.04. The van der Waals surface area contributed by atoms with Crippen LogP contribution < -0.4 is 10.6 Å². The van der Waals surface area contributed by atoms with Gasteiger partial charge in [-0.2, -0.15) is 18.4 Å². The molecule has 5 nitrogen and oxygen atoms in total. The Balaban J connectivity index is 2.58. The molecule has 2 N–H and O–H groups in total. The lowest BCUT2D eigenvalue weighted by molar-refractivity contribution is -0.137. The summed E-state index contributed by atoms with van der Waals surface area (Å²) in [4.78, 5) is 14.5. The number of nitrogens with two attached hydrogens (primary N) is 1. The van der Waals surface area contributed by atoms with Gasteiger partial charge in [-0.05, 0) is 37.3 Å². The number of hydrogen-bond acceptors (Lipinski definition) is 4. The maximum atomic E-state index is 13.0. The van der Waals surface area contributed by atoms with Gasteiger partial charge in [-0.1, -0.05) is 0 Å². The topological polar surface area (TPSA) is 73.4 Å². The summed E-state index contributed by atoms with van der Waals surface area (Å²) in [6.07, 6.45) is -4.72. The molecular weight excluding hydrogens is 317 g/mol. The summed E-state index contributed by atoms with van der Waals surface area (Å²) in [5.74, 6) is -0.641. The number of alkyl halides is 3. The number of likely N-dealkylation sites (N-methyl/N-ethyl adjacent to an activating group) is 1. The second-order valence-electron chi connectivity index (χ2n) is 4.97. The van der Waals surface area contributed by atoms with E-state index >= 15 is 0 Å². The van der Waals surface area contributed by atoms with Crippen molar-refractivity contribution in [2.24, 2.45) is 5.73 Å². The van der Waals surface area contributed by atoms with E-state index in [1.54, 1.807) is 0 Å². The second kappa shape index (κ2) is 4.93. The molecule has 1 aliphatic heterocycles. The summed E-state index contributed by atoms with van der Waals surface area (Å²) in [7, 11) is 1.48. The van der Waals surface area contributed by atoms with Crippen LogP contribution in [0.15, 0.2) is 18.2 Å². The molecule has 22 heavy (non-hydrogen) atoms. The van der Waals surface area contributed by atoms with Crippen molar-refractivity contribution in [1.82, 2.24) is 4.90 Å². The summed E-state index contributed by atoms with van der Waals surface area (Å²) in [5.41, 5.74) is 2.66. The molecule has 1 aliphatic rings. The van der Waals surface area contributed by atoms with Gasteiger partial charge >= 0.3 is 6.18 Å². The summed E-state index contributed by atoms with van der Waals surface area (Å²) < 4.78 is 39.0. The van der Waals surface area contributed by atoms with Crippen molar-refractivity contribution < 1.29 is 18.0 Å². The molecule has 1 atom stereocenters. The highest BCUT2D eigenvalue weighted by molar-refractivity contribution is 7.80. The van der Waals surface area contributed by atoms with Crippen molar-refractivity contribution in [3.63, 3.8) is 0 Å². The Hall–Kier alpha value is -2.18. The predicted octanol–water partition coefficient (Wildman–Crippen LogP) is 1.82. The van der Waals surface area contributed by atoms with Crippen molar-refractivity contribution in [3.8, 4) is 6.07 Å². The summed E-state index contributed by atoms with van der Waals surface area (Å²) in [6, 6.07) is 4.43. The lowest BCUT2D eigenvalue weighted by Crippen LogP contribution is -2.53. The van der Waals surface area contributed by atoms with Crippen LogP contribution in [-0.4, -0.2) is 28.6 Å². The smallest absolute Gasteiger partial charge is 0.325 e. The molecule has 1 fully saturated rings. The lowest BCUT2D eigenvalue weighted by atomic mass is 10.1. The molecule has 0 aliphatic carbocycles. The van der Waals surface area contributed by atoms with Gasteiger partial charge in [0.15, 0.2) is 10.8 Å². The molecule has 0 spiro atoms. The zero-order chi connectivity index (χ0) is 16.9. The Morgan fingerprint density at radius 2 is 2.00 bits per heavy atom. The molecule has 2 rings (SSSR count). The molecule has 116 valence electrons. The van der Waals surface area contributed by atoms with E-state index < -0.39 is 28.9 Å². The van der Waals surface area contributed by atoms with Gasteiger partial charge in [-0.25, -0.2) is 0 Å². The van der Waals surface area contributed by atoms with Crippen molar-refractivity contribution in [3.05, 3.63) is 29.3 Å². The molecule has 1 aromatic carbocycles. The van der Waals surface area contributed by atoms with E-state index in [-0.39, 0.29) is 10.8 Å². The van der Waals surface area contributed by atoms with Gasteiger partial charge in [-0.3, -0.25) is 9.69 Å². The zero-order valence-electron chi connectivity index (χ0n) is 11.6. The van der Waals surface area contributed by atoms with E-state index in [2.05, 4.69) is 0 Å². The van der Waals surface area contributed by atoms with Crippen LogP contribution in [0.4, 0.5) is 18.9 Å². The number of benzene rings is 1. The first kappa shape index (κ1) is 16.2. The average molecular weight is 328 g/mol. The molecule has 0 radical (unpaired) electrons. The maximum Gasteiger partial charge on any atom is 0.417 e.